The topological polar surface area (TPSA) is 55.6 Å². The van der Waals surface area contributed by atoms with Crippen LogP contribution in [0.2, 0.25) is 0 Å². The number of nitro benzene ring substituents is 1. The predicted molar refractivity (Wildman–Crippen MR) is 88.0 cm³/mol. The molecule has 2 heterocycles. The number of likely N-dealkylation sites (N-methyl/N-ethyl adjacent to an activating group) is 1. The van der Waals surface area contributed by atoms with Crippen molar-refractivity contribution in [3.63, 3.8) is 0 Å². The average molecular weight is 310 g/mol. The van der Waals surface area contributed by atoms with Crippen LogP contribution in [-0.2, 0) is 11.8 Å². The lowest BCUT2D eigenvalue weighted by Gasteiger charge is -2.48. The van der Waals surface area contributed by atoms with Gasteiger partial charge < -0.3 is 9.64 Å². The van der Waals surface area contributed by atoms with E-state index in [0.717, 1.165) is 17.0 Å². The summed E-state index contributed by atoms with van der Waals surface area (Å²) >= 11 is 0. The molecule has 23 heavy (non-hydrogen) atoms. The monoisotopic (exact) mass is 310 g/mol. The van der Waals surface area contributed by atoms with Gasteiger partial charge in [0.05, 0.1) is 10.3 Å². The van der Waals surface area contributed by atoms with Gasteiger partial charge in [0.25, 0.3) is 5.69 Å². The number of benzene rings is 2. The Morgan fingerprint density at radius 1 is 1.22 bits per heavy atom. The van der Waals surface area contributed by atoms with Gasteiger partial charge in [-0.1, -0.05) is 18.2 Å². The van der Waals surface area contributed by atoms with Crippen LogP contribution in [0, 0.1) is 10.1 Å². The minimum Gasteiger partial charge on any atom is -0.467 e. The molecule has 0 fully saturated rings. The third-order valence-electron chi connectivity index (χ3n) is 5.63. The predicted octanol–water partition coefficient (Wildman–Crippen LogP) is 3.65. The number of hydrogen-bond acceptors (Lipinski definition) is 4. The summed E-state index contributed by atoms with van der Waals surface area (Å²) in [6.45, 7) is 4.27. The van der Waals surface area contributed by atoms with Gasteiger partial charge in [-0.25, -0.2) is 0 Å². The number of fused-ring (bicyclic) bond motifs is 4. The first-order chi connectivity index (χ1) is 10.9. The van der Waals surface area contributed by atoms with Gasteiger partial charge in [0.2, 0.25) is 0 Å². The van der Waals surface area contributed by atoms with E-state index in [9.17, 15) is 10.1 Å². The maximum absolute atomic E-state index is 11.1. The smallest absolute Gasteiger partial charge is 0.269 e. The van der Waals surface area contributed by atoms with E-state index in [1.165, 1.54) is 11.6 Å². The second-order valence-corrected chi connectivity index (χ2v) is 6.72. The van der Waals surface area contributed by atoms with Crippen molar-refractivity contribution in [2.75, 3.05) is 11.9 Å². The van der Waals surface area contributed by atoms with E-state index in [2.05, 4.69) is 30.9 Å². The quantitative estimate of drug-likeness (QED) is 0.596. The van der Waals surface area contributed by atoms with Gasteiger partial charge in [-0.2, -0.15) is 0 Å². The van der Waals surface area contributed by atoms with Crippen LogP contribution in [0.15, 0.2) is 42.5 Å². The van der Waals surface area contributed by atoms with Crippen LogP contribution in [0.25, 0.3) is 0 Å². The molecule has 0 saturated carbocycles. The second kappa shape index (κ2) is 4.25. The number of nitro groups is 1. The lowest BCUT2D eigenvalue weighted by molar-refractivity contribution is -0.385. The number of ether oxygens (including phenoxy) is 1. The number of nitrogens with zero attached hydrogens (tertiary/aromatic N) is 2. The molecule has 5 nitrogen and oxygen atoms in total. The van der Waals surface area contributed by atoms with Gasteiger partial charge >= 0.3 is 0 Å². The first-order valence-electron chi connectivity index (χ1n) is 7.66. The molecule has 0 aromatic heterocycles. The van der Waals surface area contributed by atoms with E-state index in [0.29, 0.717) is 6.42 Å². The summed E-state index contributed by atoms with van der Waals surface area (Å²) in [4.78, 5) is 12.9. The first-order valence-corrected chi connectivity index (χ1v) is 7.66. The van der Waals surface area contributed by atoms with Crippen molar-refractivity contribution in [1.82, 2.24) is 0 Å². The highest BCUT2D eigenvalue weighted by Gasteiger charge is 2.59. The van der Waals surface area contributed by atoms with Crippen molar-refractivity contribution < 1.29 is 9.66 Å². The van der Waals surface area contributed by atoms with Gasteiger partial charge in [0, 0.05) is 30.4 Å². The Balaban J connectivity index is 1.91. The van der Waals surface area contributed by atoms with Crippen LogP contribution in [0.4, 0.5) is 11.4 Å². The van der Waals surface area contributed by atoms with Crippen LogP contribution in [0.1, 0.15) is 25.0 Å². The average Bonchev–Trinajstić information content (AvgIpc) is 2.70. The summed E-state index contributed by atoms with van der Waals surface area (Å²) in [7, 11) is 2.04. The summed E-state index contributed by atoms with van der Waals surface area (Å²) in [6, 6.07) is 13.1. The molecule has 0 aliphatic carbocycles. The van der Waals surface area contributed by atoms with E-state index in [4.69, 9.17) is 4.74 Å². The fraction of sp³-hybridized carbons (Fsp3) is 0.333. The summed E-state index contributed by atoms with van der Waals surface area (Å²) in [5.74, 6) is 0.732. The zero-order chi connectivity index (χ0) is 16.4. The number of rotatable bonds is 1. The minimum atomic E-state index is -0.514. The summed E-state index contributed by atoms with van der Waals surface area (Å²) in [6.07, 6.45) is 0.710. The van der Waals surface area contributed by atoms with E-state index >= 15 is 0 Å². The zero-order valence-electron chi connectivity index (χ0n) is 13.4. The lowest BCUT2D eigenvalue weighted by atomic mass is 9.70. The molecule has 2 unspecified atom stereocenters. The number of anilines is 1. The molecule has 0 spiro atoms. The molecule has 0 bridgehead atoms. The van der Waals surface area contributed by atoms with Gasteiger partial charge in [-0.05, 0) is 38.0 Å². The third-order valence-corrected chi connectivity index (χ3v) is 5.63. The Hall–Kier alpha value is -2.56. The Morgan fingerprint density at radius 2 is 1.96 bits per heavy atom. The molecule has 4 rings (SSSR count). The van der Waals surface area contributed by atoms with Crippen LogP contribution < -0.4 is 9.64 Å². The van der Waals surface area contributed by atoms with E-state index in [1.54, 1.807) is 12.1 Å². The summed E-state index contributed by atoms with van der Waals surface area (Å²) < 4.78 is 6.38. The standard InChI is InChI=1S/C18H18N2O3/c1-17-11-12-10-13(20(21)22)8-9-16(12)23-18(17,2)19(3)15-7-5-4-6-14(15)17/h4-10H,11H2,1-3H3. The highest BCUT2D eigenvalue weighted by atomic mass is 16.6. The molecule has 5 heteroatoms. The Bertz CT molecular complexity index is 835. The van der Waals surface area contributed by atoms with Crippen molar-refractivity contribution in [2.45, 2.75) is 31.4 Å². The Kier molecular flexibility index (Phi) is 2.60. The fourth-order valence-electron chi connectivity index (χ4n) is 4.04. The largest absolute Gasteiger partial charge is 0.467 e. The van der Waals surface area contributed by atoms with Crippen LogP contribution in [-0.4, -0.2) is 17.7 Å². The van der Waals surface area contributed by atoms with Crippen molar-refractivity contribution in [3.8, 4) is 5.75 Å². The molecule has 2 aliphatic rings. The van der Waals surface area contributed by atoms with E-state index in [1.807, 2.05) is 19.2 Å². The molecule has 118 valence electrons. The van der Waals surface area contributed by atoms with Gasteiger partial charge in [-0.15, -0.1) is 0 Å². The van der Waals surface area contributed by atoms with E-state index in [-0.39, 0.29) is 16.0 Å². The maximum atomic E-state index is 11.1. The second-order valence-electron chi connectivity index (χ2n) is 6.72. The highest BCUT2D eigenvalue weighted by Crippen LogP contribution is 2.56. The van der Waals surface area contributed by atoms with Gasteiger partial charge in [-0.3, -0.25) is 10.1 Å². The molecular formula is C18H18N2O3. The molecule has 2 atom stereocenters. The molecule has 0 saturated heterocycles. The molecule has 2 aromatic rings. The minimum absolute atomic E-state index is 0.110. The molecule has 0 radical (unpaired) electrons. The van der Waals surface area contributed by atoms with Crippen LogP contribution in [0.3, 0.4) is 0 Å². The van der Waals surface area contributed by atoms with Crippen LogP contribution in [0.5, 0.6) is 5.75 Å². The number of para-hydroxylation sites is 1. The Labute approximate surface area is 134 Å². The van der Waals surface area contributed by atoms with E-state index < -0.39 is 5.72 Å². The number of non-ortho nitro benzene ring substituents is 1. The molecule has 2 aliphatic heterocycles. The molecular weight excluding hydrogens is 292 g/mol. The summed E-state index contributed by atoms with van der Waals surface area (Å²) in [5.41, 5.74) is 2.60. The van der Waals surface area contributed by atoms with Crippen LogP contribution >= 0.6 is 0 Å². The SMILES string of the molecule is CN1c2ccccc2C2(C)Cc3cc([N+](=O)[O-])ccc3OC12C. The Morgan fingerprint density at radius 3 is 2.70 bits per heavy atom. The first kappa shape index (κ1) is 14.1. The summed E-state index contributed by atoms with van der Waals surface area (Å²) in [5, 5.41) is 11.1. The fourth-order valence-corrected chi connectivity index (χ4v) is 4.04. The molecule has 0 N–H and O–H groups in total. The van der Waals surface area contributed by atoms with Gasteiger partial charge in [0.15, 0.2) is 5.72 Å². The highest BCUT2D eigenvalue weighted by molar-refractivity contribution is 5.67. The van der Waals surface area contributed by atoms with Crippen molar-refractivity contribution in [1.29, 1.82) is 0 Å². The lowest BCUT2D eigenvalue weighted by Crippen LogP contribution is -2.60. The number of hydrogen-bond donors (Lipinski definition) is 0. The van der Waals surface area contributed by atoms with Gasteiger partial charge in [0.1, 0.15) is 5.75 Å². The normalized spacial score (nSPS) is 27.7. The van der Waals surface area contributed by atoms with Crippen molar-refractivity contribution >= 4 is 11.4 Å². The van der Waals surface area contributed by atoms with Crippen molar-refractivity contribution in [3.05, 3.63) is 63.7 Å². The zero-order valence-corrected chi connectivity index (χ0v) is 13.4. The third kappa shape index (κ3) is 1.62. The van der Waals surface area contributed by atoms with Crippen molar-refractivity contribution in [2.24, 2.45) is 0 Å². The molecule has 0 amide bonds. The maximum Gasteiger partial charge on any atom is 0.269 e. The molecule has 2 aromatic carbocycles.